The fourth-order valence-electron chi connectivity index (χ4n) is 4.09. The molecule has 3 nitrogen and oxygen atoms in total. The largest absolute Gasteiger partial charge is 0.509 e. The highest BCUT2D eigenvalue weighted by Gasteiger charge is 2.51. The second-order valence-electron chi connectivity index (χ2n) is 7.77. The summed E-state index contributed by atoms with van der Waals surface area (Å²) < 4.78 is 54.0. The van der Waals surface area contributed by atoms with Gasteiger partial charge in [-0.05, 0) is 60.2 Å². The Morgan fingerprint density at radius 2 is 1.55 bits per heavy atom. The molecule has 7 heteroatoms. The first-order valence-corrected chi connectivity index (χ1v) is 9.32. The molecule has 4 rings (SSSR count). The van der Waals surface area contributed by atoms with Crippen molar-refractivity contribution in [2.75, 3.05) is 0 Å². The number of alkyl halides is 2. The van der Waals surface area contributed by atoms with Gasteiger partial charge in [-0.1, -0.05) is 18.2 Å². The van der Waals surface area contributed by atoms with Crippen LogP contribution in [-0.4, -0.2) is 22.5 Å². The van der Waals surface area contributed by atoms with Crippen LogP contribution in [0.4, 0.5) is 17.6 Å². The average Bonchev–Trinajstić information content (AvgIpc) is 2.91. The van der Waals surface area contributed by atoms with E-state index in [1.807, 2.05) is 0 Å². The molecule has 29 heavy (non-hydrogen) atoms. The molecule has 1 fully saturated rings. The van der Waals surface area contributed by atoms with Crippen molar-refractivity contribution in [3.05, 3.63) is 64.9 Å². The second kappa shape index (κ2) is 6.61. The number of aryl methyl sites for hydroxylation is 1. The van der Waals surface area contributed by atoms with Gasteiger partial charge in [-0.3, -0.25) is 4.79 Å². The SMILES string of the molecule is Cc1ccc(-c2ccc(F)c(F)c2)cc1C1=C(O)C2(CCC(F)(F)CC2)NC1=O. The van der Waals surface area contributed by atoms with Gasteiger partial charge in [-0.25, -0.2) is 17.6 Å². The lowest BCUT2D eigenvalue weighted by Gasteiger charge is -2.36. The van der Waals surface area contributed by atoms with E-state index in [-0.39, 0.29) is 24.2 Å². The molecule has 152 valence electrons. The molecule has 2 N–H and O–H groups in total. The number of benzene rings is 2. The number of aliphatic hydroxyl groups excluding tert-OH is 1. The van der Waals surface area contributed by atoms with Crippen LogP contribution in [0.2, 0.25) is 0 Å². The predicted molar refractivity (Wildman–Crippen MR) is 100 cm³/mol. The van der Waals surface area contributed by atoms with Crippen LogP contribution in [0.25, 0.3) is 16.7 Å². The van der Waals surface area contributed by atoms with Gasteiger partial charge in [-0.15, -0.1) is 0 Å². The molecular formula is C22H19F4NO2. The summed E-state index contributed by atoms with van der Waals surface area (Å²) in [7, 11) is 0. The maximum absolute atomic E-state index is 13.6. The zero-order valence-corrected chi connectivity index (χ0v) is 15.7. The van der Waals surface area contributed by atoms with Crippen LogP contribution in [-0.2, 0) is 4.79 Å². The van der Waals surface area contributed by atoms with Gasteiger partial charge in [0.1, 0.15) is 5.76 Å². The van der Waals surface area contributed by atoms with E-state index in [1.165, 1.54) is 6.07 Å². The summed E-state index contributed by atoms with van der Waals surface area (Å²) in [5.74, 6) is -5.52. The fourth-order valence-corrected chi connectivity index (χ4v) is 4.09. The summed E-state index contributed by atoms with van der Waals surface area (Å²) in [6, 6.07) is 8.51. The van der Waals surface area contributed by atoms with E-state index in [0.717, 1.165) is 12.1 Å². The van der Waals surface area contributed by atoms with E-state index in [2.05, 4.69) is 5.32 Å². The van der Waals surface area contributed by atoms with Gasteiger partial charge in [0.25, 0.3) is 5.91 Å². The summed E-state index contributed by atoms with van der Waals surface area (Å²) in [5.41, 5.74) is 0.919. The Morgan fingerprint density at radius 1 is 0.931 bits per heavy atom. The van der Waals surface area contributed by atoms with Gasteiger partial charge in [0, 0.05) is 12.8 Å². The number of halogens is 4. The zero-order valence-electron chi connectivity index (χ0n) is 15.7. The highest BCUT2D eigenvalue weighted by Crippen LogP contribution is 2.46. The van der Waals surface area contributed by atoms with Crippen molar-refractivity contribution in [3.8, 4) is 11.1 Å². The Bertz CT molecular complexity index is 1040. The number of hydrogen-bond donors (Lipinski definition) is 2. The Hall–Kier alpha value is -2.83. The van der Waals surface area contributed by atoms with Gasteiger partial charge < -0.3 is 10.4 Å². The third-order valence-corrected chi connectivity index (χ3v) is 5.86. The van der Waals surface area contributed by atoms with Gasteiger partial charge in [0.05, 0.1) is 11.1 Å². The van der Waals surface area contributed by atoms with Crippen LogP contribution in [0, 0.1) is 18.6 Å². The summed E-state index contributed by atoms with van der Waals surface area (Å²) in [6.07, 6.45) is -0.942. The molecule has 1 aliphatic carbocycles. The Morgan fingerprint density at radius 3 is 2.21 bits per heavy atom. The highest BCUT2D eigenvalue weighted by molar-refractivity contribution is 6.23. The number of rotatable bonds is 2. The molecule has 2 aromatic rings. The van der Waals surface area contributed by atoms with Crippen LogP contribution >= 0.6 is 0 Å². The molecule has 1 amide bonds. The first kappa shape index (κ1) is 19.5. The van der Waals surface area contributed by atoms with Gasteiger partial charge >= 0.3 is 0 Å². The van der Waals surface area contributed by atoms with Gasteiger partial charge in [-0.2, -0.15) is 0 Å². The average molecular weight is 405 g/mol. The van der Waals surface area contributed by atoms with Crippen molar-refractivity contribution >= 4 is 11.5 Å². The normalized spacial score (nSPS) is 20.2. The monoisotopic (exact) mass is 405 g/mol. The Balaban J connectivity index is 1.77. The molecule has 0 atom stereocenters. The van der Waals surface area contributed by atoms with Crippen molar-refractivity contribution in [3.63, 3.8) is 0 Å². The summed E-state index contributed by atoms with van der Waals surface area (Å²) in [4.78, 5) is 12.7. The lowest BCUT2D eigenvalue weighted by Crippen LogP contribution is -2.49. The van der Waals surface area contributed by atoms with Crippen LogP contribution < -0.4 is 5.32 Å². The molecule has 0 bridgehead atoms. The summed E-state index contributed by atoms with van der Waals surface area (Å²) in [5, 5.41) is 13.6. The minimum atomic E-state index is -2.80. The van der Waals surface area contributed by atoms with E-state index in [0.29, 0.717) is 22.3 Å². The highest BCUT2D eigenvalue weighted by atomic mass is 19.3. The molecule has 1 heterocycles. The molecule has 0 radical (unpaired) electrons. The van der Waals surface area contributed by atoms with Crippen molar-refractivity contribution in [2.45, 2.75) is 44.1 Å². The van der Waals surface area contributed by atoms with E-state index < -0.39 is 41.8 Å². The topological polar surface area (TPSA) is 49.3 Å². The number of aliphatic hydroxyl groups is 1. The maximum atomic E-state index is 13.6. The molecule has 0 saturated heterocycles. The maximum Gasteiger partial charge on any atom is 0.256 e. The lowest BCUT2D eigenvalue weighted by atomic mass is 9.78. The Kier molecular flexibility index (Phi) is 4.44. The van der Waals surface area contributed by atoms with Gasteiger partial charge in [0.2, 0.25) is 5.92 Å². The molecule has 2 aromatic carbocycles. The van der Waals surface area contributed by atoms with E-state index >= 15 is 0 Å². The van der Waals surface area contributed by atoms with Crippen molar-refractivity contribution < 1.29 is 27.5 Å². The van der Waals surface area contributed by atoms with Crippen LogP contribution in [0.15, 0.2) is 42.2 Å². The number of nitrogens with one attached hydrogen (secondary N) is 1. The van der Waals surface area contributed by atoms with E-state index in [9.17, 15) is 27.5 Å². The van der Waals surface area contributed by atoms with Crippen molar-refractivity contribution in [2.24, 2.45) is 0 Å². The number of hydrogen-bond acceptors (Lipinski definition) is 2. The number of amides is 1. The smallest absolute Gasteiger partial charge is 0.256 e. The van der Waals surface area contributed by atoms with Gasteiger partial charge in [0.15, 0.2) is 11.6 Å². The van der Waals surface area contributed by atoms with Crippen LogP contribution in [0.3, 0.4) is 0 Å². The molecule has 1 spiro atoms. The quantitative estimate of drug-likeness (QED) is 0.668. The second-order valence-corrected chi connectivity index (χ2v) is 7.77. The predicted octanol–water partition coefficient (Wildman–Crippen LogP) is 5.29. The molecular weight excluding hydrogens is 386 g/mol. The van der Waals surface area contributed by atoms with E-state index in [4.69, 9.17) is 0 Å². The van der Waals surface area contributed by atoms with Crippen LogP contribution in [0.1, 0.15) is 36.8 Å². The summed E-state index contributed by atoms with van der Waals surface area (Å²) in [6.45, 7) is 1.75. The molecule has 2 aliphatic rings. The Labute approximate surface area is 165 Å². The van der Waals surface area contributed by atoms with Crippen LogP contribution in [0.5, 0.6) is 0 Å². The van der Waals surface area contributed by atoms with E-state index in [1.54, 1.807) is 25.1 Å². The molecule has 1 aliphatic heterocycles. The molecule has 0 unspecified atom stereocenters. The number of carbonyl (C=O) groups is 1. The third kappa shape index (κ3) is 3.28. The minimum Gasteiger partial charge on any atom is -0.509 e. The summed E-state index contributed by atoms with van der Waals surface area (Å²) >= 11 is 0. The zero-order chi connectivity index (χ0) is 21.0. The number of carbonyl (C=O) groups excluding carboxylic acids is 1. The van der Waals surface area contributed by atoms with Crippen molar-refractivity contribution in [1.29, 1.82) is 0 Å². The third-order valence-electron chi connectivity index (χ3n) is 5.86. The molecule has 1 saturated carbocycles. The molecule has 0 aromatic heterocycles. The first-order valence-electron chi connectivity index (χ1n) is 9.32. The lowest BCUT2D eigenvalue weighted by molar-refractivity contribution is -0.117. The first-order chi connectivity index (χ1) is 13.6. The minimum absolute atomic E-state index is 0.0390. The standard InChI is InChI=1S/C22H19F4NO2/c1-12-2-3-13(14-4-5-16(23)17(24)11-14)10-15(12)18-19(28)21(27-20(18)29)6-8-22(25,26)9-7-21/h2-5,10-11,28H,6-9H2,1H3,(H,27,29). The van der Waals surface area contributed by atoms with Crippen molar-refractivity contribution in [1.82, 2.24) is 5.32 Å². The fraction of sp³-hybridized carbons (Fsp3) is 0.318.